The van der Waals surface area contributed by atoms with Gasteiger partial charge in [-0.2, -0.15) is 0 Å². The van der Waals surface area contributed by atoms with Crippen molar-refractivity contribution in [1.82, 2.24) is 0 Å². The lowest BCUT2D eigenvalue weighted by Crippen LogP contribution is -1.81. The summed E-state index contributed by atoms with van der Waals surface area (Å²) in [6.07, 6.45) is 12.4. The molecule has 0 aliphatic rings. The van der Waals surface area contributed by atoms with E-state index in [9.17, 15) is 0 Å². The fraction of sp³-hybridized carbons (Fsp3) is 0.200. The molecule has 1 aromatic carbocycles. The first-order chi connectivity index (χ1) is 7.30. The van der Waals surface area contributed by atoms with Crippen molar-refractivity contribution in [1.29, 1.82) is 0 Å². The van der Waals surface area contributed by atoms with Crippen LogP contribution in [0, 0.1) is 6.07 Å². The summed E-state index contributed by atoms with van der Waals surface area (Å²) in [5.74, 6) is 0. The quantitative estimate of drug-likeness (QED) is 0.665. The molecule has 0 aliphatic carbocycles. The van der Waals surface area contributed by atoms with Crippen molar-refractivity contribution in [3.05, 3.63) is 53.1 Å². The molecular formula is C15H17. The van der Waals surface area contributed by atoms with Gasteiger partial charge in [0.1, 0.15) is 0 Å². The Morgan fingerprint density at radius 3 is 1.67 bits per heavy atom. The third kappa shape index (κ3) is 3.59. The molecule has 0 N–H and O–H groups in total. The van der Waals surface area contributed by atoms with E-state index in [-0.39, 0.29) is 0 Å². The molecule has 0 atom stereocenters. The van der Waals surface area contributed by atoms with Crippen molar-refractivity contribution < 1.29 is 0 Å². The van der Waals surface area contributed by atoms with E-state index in [1.54, 1.807) is 0 Å². The maximum Gasteiger partial charge on any atom is -0.00266 e. The highest BCUT2D eigenvalue weighted by atomic mass is 14.0. The molecule has 0 aromatic heterocycles. The molecule has 15 heavy (non-hydrogen) atoms. The van der Waals surface area contributed by atoms with Crippen molar-refractivity contribution in [3.8, 4) is 0 Å². The molecule has 0 amide bonds. The van der Waals surface area contributed by atoms with E-state index in [1.807, 2.05) is 39.0 Å². The van der Waals surface area contributed by atoms with Crippen LogP contribution in [0.3, 0.4) is 0 Å². The third-order valence-electron chi connectivity index (χ3n) is 1.98. The maximum atomic E-state index is 3.34. The molecule has 1 rings (SSSR count). The van der Waals surface area contributed by atoms with Crippen molar-refractivity contribution in [2.24, 2.45) is 0 Å². The molecule has 0 saturated carbocycles. The third-order valence-corrected chi connectivity index (χ3v) is 1.98. The highest BCUT2D eigenvalue weighted by Crippen LogP contribution is 2.14. The van der Waals surface area contributed by atoms with Crippen LogP contribution in [0.2, 0.25) is 0 Å². The van der Waals surface area contributed by atoms with Crippen LogP contribution in [0.15, 0.2) is 30.4 Å². The van der Waals surface area contributed by atoms with E-state index in [0.29, 0.717) is 0 Å². The zero-order valence-corrected chi connectivity index (χ0v) is 9.62. The minimum Gasteiger partial charge on any atom is -0.0871 e. The summed E-state index contributed by atoms with van der Waals surface area (Å²) in [5, 5.41) is 0. The van der Waals surface area contributed by atoms with Crippen LogP contribution in [0.1, 0.15) is 37.5 Å². The van der Waals surface area contributed by atoms with Gasteiger partial charge < -0.3 is 0 Å². The lowest BCUT2D eigenvalue weighted by Gasteiger charge is -2.00. The van der Waals surface area contributed by atoms with E-state index < -0.39 is 0 Å². The number of hydrogen-bond acceptors (Lipinski definition) is 0. The highest BCUT2D eigenvalue weighted by molar-refractivity contribution is 5.63. The molecule has 0 unspecified atom stereocenters. The molecule has 0 heteroatoms. The Labute approximate surface area is 92.6 Å². The molecule has 1 radical (unpaired) electrons. The molecule has 0 bridgehead atoms. The monoisotopic (exact) mass is 197 g/mol. The maximum absolute atomic E-state index is 3.34. The Morgan fingerprint density at radius 1 is 0.800 bits per heavy atom. The summed E-state index contributed by atoms with van der Waals surface area (Å²) in [5.41, 5.74) is 3.47. The summed E-state index contributed by atoms with van der Waals surface area (Å²) < 4.78 is 0. The van der Waals surface area contributed by atoms with Gasteiger partial charge in [-0.05, 0) is 55.7 Å². The Balaban J connectivity index is 3.19. The van der Waals surface area contributed by atoms with Crippen LogP contribution in [-0.4, -0.2) is 0 Å². The van der Waals surface area contributed by atoms with Gasteiger partial charge in [0.2, 0.25) is 0 Å². The minimum atomic E-state index is 1.13. The molecular weight excluding hydrogens is 180 g/mol. The van der Waals surface area contributed by atoms with Gasteiger partial charge in [0, 0.05) is 0 Å². The molecule has 0 nitrogen and oxygen atoms in total. The van der Waals surface area contributed by atoms with Gasteiger partial charge in [0.25, 0.3) is 0 Å². The van der Waals surface area contributed by atoms with E-state index in [0.717, 1.165) is 11.1 Å². The molecule has 1 aromatic rings. The minimum absolute atomic E-state index is 1.13. The predicted octanol–water partition coefficient (Wildman–Crippen LogP) is 4.59. The SMILES string of the molecule is CC=Cc1[c]c(C=CC)cc(C=CC)c1. The van der Waals surface area contributed by atoms with Crippen molar-refractivity contribution in [3.63, 3.8) is 0 Å². The highest BCUT2D eigenvalue weighted by Gasteiger charge is 1.94. The summed E-state index contributed by atoms with van der Waals surface area (Å²) >= 11 is 0. The van der Waals surface area contributed by atoms with Gasteiger partial charge in [-0.1, -0.05) is 36.5 Å². The summed E-state index contributed by atoms with van der Waals surface area (Å²) in [6.45, 7) is 6.07. The zero-order valence-electron chi connectivity index (χ0n) is 9.62. The smallest absolute Gasteiger partial charge is 0.00266 e. The Hall–Kier alpha value is -1.56. The van der Waals surface area contributed by atoms with Gasteiger partial charge >= 0.3 is 0 Å². The first-order valence-electron chi connectivity index (χ1n) is 5.25. The number of allylic oxidation sites excluding steroid dienone is 3. The van der Waals surface area contributed by atoms with Crippen LogP contribution in [0.4, 0.5) is 0 Å². The normalized spacial score (nSPS) is 12.2. The fourth-order valence-corrected chi connectivity index (χ4v) is 1.47. The van der Waals surface area contributed by atoms with Gasteiger partial charge in [-0.3, -0.25) is 0 Å². The number of benzene rings is 1. The van der Waals surface area contributed by atoms with Crippen LogP contribution in [0.5, 0.6) is 0 Å². The van der Waals surface area contributed by atoms with Gasteiger partial charge in [-0.25, -0.2) is 0 Å². The second-order valence-corrected chi connectivity index (χ2v) is 3.32. The van der Waals surface area contributed by atoms with Gasteiger partial charge in [0.05, 0.1) is 0 Å². The van der Waals surface area contributed by atoms with E-state index in [4.69, 9.17) is 0 Å². The standard InChI is InChI=1S/C15H17/c1-4-7-13-10-14(8-5-2)12-15(11-13)9-6-3/h4-11H,1-3H3. The van der Waals surface area contributed by atoms with Crippen molar-refractivity contribution >= 4 is 18.2 Å². The van der Waals surface area contributed by atoms with Crippen LogP contribution >= 0.6 is 0 Å². The van der Waals surface area contributed by atoms with Crippen LogP contribution < -0.4 is 0 Å². The second-order valence-electron chi connectivity index (χ2n) is 3.32. The van der Waals surface area contributed by atoms with Gasteiger partial charge in [0.15, 0.2) is 0 Å². The summed E-state index contributed by atoms with van der Waals surface area (Å²) in [4.78, 5) is 0. The van der Waals surface area contributed by atoms with E-state index >= 15 is 0 Å². The average molecular weight is 197 g/mol. The number of hydrogen-bond donors (Lipinski definition) is 0. The molecule has 0 saturated heterocycles. The fourth-order valence-electron chi connectivity index (χ4n) is 1.47. The van der Waals surface area contributed by atoms with Crippen LogP contribution in [-0.2, 0) is 0 Å². The molecule has 0 fully saturated rings. The van der Waals surface area contributed by atoms with Crippen LogP contribution in [0.25, 0.3) is 18.2 Å². The summed E-state index contributed by atoms with van der Waals surface area (Å²) in [7, 11) is 0. The average Bonchev–Trinajstić information content (AvgIpc) is 2.19. The largest absolute Gasteiger partial charge is 0.0871 e. The Bertz CT molecular complexity index is 318. The lowest BCUT2D eigenvalue weighted by atomic mass is 10.0. The molecule has 0 heterocycles. The van der Waals surface area contributed by atoms with Gasteiger partial charge in [-0.15, -0.1) is 0 Å². The van der Waals surface area contributed by atoms with Crippen molar-refractivity contribution in [2.45, 2.75) is 20.8 Å². The summed E-state index contributed by atoms with van der Waals surface area (Å²) in [6, 6.07) is 7.60. The topological polar surface area (TPSA) is 0 Å². The Kier molecular flexibility index (Phi) is 4.62. The van der Waals surface area contributed by atoms with E-state index in [2.05, 4.69) is 36.4 Å². The molecule has 0 aliphatic heterocycles. The van der Waals surface area contributed by atoms with E-state index in [1.165, 1.54) is 5.56 Å². The number of rotatable bonds is 3. The first kappa shape index (κ1) is 11.5. The molecule has 0 spiro atoms. The second kappa shape index (κ2) is 6.02. The predicted molar refractivity (Wildman–Crippen MR) is 69.4 cm³/mol. The van der Waals surface area contributed by atoms with Crippen molar-refractivity contribution in [2.75, 3.05) is 0 Å². The Morgan fingerprint density at radius 2 is 1.27 bits per heavy atom. The zero-order chi connectivity index (χ0) is 11.1. The first-order valence-corrected chi connectivity index (χ1v) is 5.25. The lowest BCUT2D eigenvalue weighted by molar-refractivity contribution is 1.55. The molecule has 77 valence electrons.